The zero-order valence-electron chi connectivity index (χ0n) is 24.5. The molecule has 0 radical (unpaired) electrons. The minimum absolute atomic E-state index is 0.0697. The second-order valence-electron chi connectivity index (χ2n) is 14.1. The van der Waals surface area contributed by atoms with Crippen LogP contribution < -0.4 is 13.6 Å². The number of carbonyl (C=O) groups excluding carboxylic acids is 1. The van der Waals surface area contributed by atoms with Gasteiger partial charge in [-0.25, -0.2) is 0 Å². The van der Waals surface area contributed by atoms with E-state index < -0.39 is 16.6 Å². The molecule has 6 heteroatoms. The molecule has 0 spiro atoms. The van der Waals surface area contributed by atoms with Crippen LogP contribution in [-0.2, 0) is 4.79 Å². The van der Waals surface area contributed by atoms with Gasteiger partial charge in [0, 0.05) is 30.2 Å². The van der Waals surface area contributed by atoms with Crippen molar-refractivity contribution in [3.05, 3.63) is 53.6 Å². The normalized spacial score (nSPS) is 22.5. The van der Waals surface area contributed by atoms with Crippen LogP contribution in [0, 0.1) is 5.92 Å². The quantitative estimate of drug-likeness (QED) is 0.356. The van der Waals surface area contributed by atoms with Crippen LogP contribution in [0.25, 0.3) is 0 Å². The minimum Gasteiger partial charge on any atom is -0.544 e. The van der Waals surface area contributed by atoms with Gasteiger partial charge < -0.3 is 13.6 Å². The maximum Gasteiger partial charge on any atom is 0.250 e. The van der Waals surface area contributed by atoms with E-state index in [1.165, 1.54) is 0 Å². The average molecular weight is 539 g/mol. The van der Waals surface area contributed by atoms with E-state index >= 15 is 0 Å². The monoisotopic (exact) mass is 538 g/mol. The summed E-state index contributed by atoms with van der Waals surface area (Å²) in [6.07, 6.45) is 1.99. The minimum atomic E-state index is -1.97. The molecular formula is C31H46O4Si2. The van der Waals surface area contributed by atoms with Gasteiger partial charge in [-0.05, 0) is 78.6 Å². The summed E-state index contributed by atoms with van der Waals surface area (Å²) in [6, 6.07) is 14.7. The van der Waals surface area contributed by atoms with Crippen molar-refractivity contribution < 1.29 is 18.4 Å². The zero-order valence-corrected chi connectivity index (χ0v) is 26.5. The molecule has 0 amide bonds. The third kappa shape index (κ3) is 5.70. The molecule has 1 saturated carbocycles. The molecule has 0 bridgehead atoms. The summed E-state index contributed by atoms with van der Waals surface area (Å²) in [7, 11) is -3.86. The number of rotatable bonds is 5. The van der Waals surface area contributed by atoms with Gasteiger partial charge in [0.25, 0.3) is 0 Å². The van der Waals surface area contributed by atoms with Crippen molar-refractivity contribution in [3.8, 4) is 17.2 Å². The van der Waals surface area contributed by atoms with Crippen molar-refractivity contribution >= 4 is 22.4 Å². The molecule has 3 atom stereocenters. The van der Waals surface area contributed by atoms with Crippen LogP contribution in [0.2, 0.25) is 36.3 Å². The van der Waals surface area contributed by atoms with E-state index in [1.54, 1.807) is 0 Å². The van der Waals surface area contributed by atoms with Gasteiger partial charge in [0.2, 0.25) is 16.6 Å². The highest BCUT2D eigenvalue weighted by molar-refractivity contribution is 6.75. The van der Waals surface area contributed by atoms with Gasteiger partial charge >= 0.3 is 0 Å². The van der Waals surface area contributed by atoms with Crippen molar-refractivity contribution in [2.75, 3.05) is 0 Å². The Morgan fingerprint density at radius 2 is 1.35 bits per heavy atom. The Morgan fingerprint density at radius 3 is 1.92 bits per heavy atom. The lowest BCUT2D eigenvalue weighted by Crippen LogP contribution is -2.44. The fourth-order valence-electron chi connectivity index (χ4n) is 4.88. The van der Waals surface area contributed by atoms with Gasteiger partial charge in [-0.1, -0.05) is 53.7 Å². The molecule has 37 heavy (non-hydrogen) atoms. The summed E-state index contributed by atoms with van der Waals surface area (Å²) < 4.78 is 19.8. The van der Waals surface area contributed by atoms with Crippen LogP contribution in [0.5, 0.6) is 17.2 Å². The summed E-state index contributed by atoms with van der Waals surface area (Å²) in [4.78, 5) is 12.6. The molecule has 202 valence electrons. The van der Waals surface area contributed by atoms with E-state index in [9.17, 15) is 4.79 Å². The van der Waals surface area contributed by atoms with E-state index in [0.29, 0.717) is 18.6 Å². The first-order valence-electron chi connectivity index (χ1n) is 13.8. The molecule has 1 fully saturated rings. The Morgan fingerprint density at radius 1 is 0.811 bits per heavy atom. The SMILES string of the molecule is CC(C)(C)[Si](C)(C)Oc1ccc(C2Oc3ccc(O[Si](C)(C)C(C)(C)C)cc3C3CC(=O)CCC32)cc1. The lowest BCUT2D eigenvalue weighted by atomic mass is 9.69. The number of carbonyl (C=O) groups is 1. The third-order valence-electron chi connectivity index (χ3n) is 9.31. The maximum atomic E-state index is 12.6. The van der Waals surface area contributed by atoms with E-state index in [-0.39, 0.29) is 28.0 Å². The largest absolute Gasteiger partial charge is 0.544 e. The number of Topliss-reactive ketones (excluding diaryl/α,β-unsaturated/α-hetero) is 1. The Balaban J connectivity index is 1.62. The van der Waals surface area contributed by atoms with Crippen LogP contribution in [0.3, 0.4) is 0 Å². The number of hydrogen-bond donors (Lipinski definition) is 0. The van der Waals surface area contributed by atoms with Crippen molar-refractivity contribution in [1.82, 2.24) is 0 Å². The molecule has 1 aliphatic heterocycles. The molecule has 0 saturated heterocycles. The first-order valence-corrected chi connectivity index (χ1v) is 19.6. The van der Waals surface area contributed by atoms with Gasteiger partial charge in [0.15, 0.2) is 0 Å². The Hall–Kier alpha value is -2.06. The number of ether oxygens (including phenoxy) is 1. The highest BCUT2D eigenvalue weighted by atomic mass is 28.4. The van der Waals surface area contributed by atoms with Gasteiger partial charge in [-0.2, -0.15) is 0 Å². The Labute approximate surface area is 226 Å². The number of hydrogen-bond acceptors (Lipinski definition) is 4. The van der Waals surface area contributed by atoms with Crippen LogP contribution in [0.4, 0.5) is 0 Å². The molecule has 3 unspecified atom stereocenters. The lowest BCUT2D eigenvalue weighted by Gasteiger charge is -2.43. The van der Waals surface area contributed by atoms with E-state index in [0.717, 1.165) is 34.8 Å². The summed E-state index contributed by atoms with van der Waals surface area (Å²) in [6.45, 7) is 22.6. The highest BCUT2D eigenvalue weighted by Crippen LogP contribution is 2.53. The predicted molar refractivity (Wildman–Crippen MR) is 157 cm³/mol. The van der Waals surface area contributed by atoms with Crippen molar-refractivity contribution in [1.29, 1.82) is 0 Å². The smallest absolute Gasteiger partial charge is 0.250 e. The first kappa shape index (κ1) is 28.0. The van der Waals surface area contributed by atoms with Gasteiger partial charge in [0.1, 0.15) is 29.1 Å². The second kappa shape index (κ2) is 9.60. The van der Waals surface area contributed by atoms with E-state index in [2.05, 4.69) is 104 Å². The highest BCUT2D eigenvalue weighted by Gasteiger charge is 2.44. The van der Waals surface area contributed by atoms with Crippen molar-refractivity contribution in [3.63, 3.8) is 0 Å². The molecule has 4 nitrogen and oxygen atoms in total. The van der Waals surface area contributed by atoms with Crippen molar-refractivity contribution in [2.24, 2.45) is 5.92 Å². The van der Waals surface area contributed by atoms with Gasteiger partial charge in [-0.3, -0.25) is 4.79 Å². The van der Waals surface area contributed by atoms with Crippen molar-refractivity contribution in [2.45, 2.75) is 109 Å². The molecule has 0 aromatic heterocycles. The number of ketones is 1. The fourth-order valence-corrected chi connectivity index (χ4v) is 6.93. The Bertz CT molecular complexity index is 1140. The standard InChI is InChI=1S/C31H46O4Si2/c1-30(2,3)36(7,8)34-23-14-11-21(12-15-23)29-25-17-13-22(32)19-26(25)27-20-24(16-18-28(27)33-29)35-37(9,10)31(4,5)6/h11-12,14-16,18,20,25-26,29H,13,17,19H2,1-10H3. The number of fused-ring (bicyclic) bond motifs is 3. The van der Waals surface area contributed by atoms with Crippen LogP contribution in [0.1, 0.15) is 84.0 Å². The molecule has 0 N–H and O–H groups in total. The molecule has 2 aliphatic rings. The summed E-state index contributed by atoms with van der Waals surface area (Å²) in [5, 5.41) is 0.269. The van der Waals surface area contributed by atoms with E-state index in [1.807, 2.05) is 6.07 Å². The summed E-state index contributed by atoms with van der Waals surface area (Å²) >= 11 is 0. The maximum absolute atomic E-state index is 12.6. The fraction of sp³-hybridized carbons (Fsp3) is 0.581. The summed E-state index contributed by atoms with van der Waals surface area (Å²) in [5.74, 6) is 3.47. The van der Waals surface area contributed by atoms with Crippen LogP contribution in [-0.4, -0.2) is 22.4 Å². The third-order valence-corrected chi connectivity index (χ3v) is 18.0. The number of benzene rings is 2. The second-order valence-corrected chi connectivity index (χ2v) is 23.5. The molecule has 1 heterocycles. The van der Waals surface area contributed by atoms with Crippen LogP contribution in [0.15, 0.2) is 42.5 Å². The molecule has 4 rings (SSSR count). The van der Waals surface area contributed by atoms with Gasteiger partial charge in [0.05, 0.1) is 0 Å². The molecule has 1 aliphatic carbocycles. The molecule has 2 aromatic carbocycles. The molecule has 2 aromatic rings. The lowest BCUT2D eigenvalue weighted by molar-refractivity contribution is -0.122. The molecular weight excluding hydrogens is 493 g/mol. The van der Waals surface area contributed by atoms with Gasteiger partial charge in [-0.15, -0.1) is 0 Å². The Kier molecular flexibility index (Phi) is 7.26. The van der Waals surface area contributed by atoms with E-state index in [4.69, 9.17) is 13.6 Å². The van der Waals surface area contributed by atoms with Crippen LogP contribution >= 0.6 is 0 Å². The predicted octanol–water partition coefficient (Wildman–Crippen LogP) is 9.04. The topological polar surface area (TPSA) is 44.8 Å². The average Bonchev–Trinajstić information content (AvgIpc) is 2.77. The summed E-state index contributed by atoms with van der Waals surface area (Å²) in [5.41, 5.74) is 2.28. The zero-order chi connectivity index (χ0) is 27.4. The first-order chi connectivity index (χ1) is 17.0.